The first kappa shape index (κ1) is 16.6. The van der Waals surface area contributed by atoms with Gasteiger partial charge in [0, 0.05) is 5.54 Å². The lowest BCUT2D eigenvalue weighted by molar-refractivity contribution is -0.121. The van der Waals surface area contributed by atoms with Crippen molar-refractivity contribution in [3.05, 3.63) is 17.0 Å². The predicted molar refractivity (Wildman–Crippen MR) is 74.4 cm³/mol. The Labute approximate surface area is 121 Å². The van der Waals surface area contributed by atoms with Gasteiger partial charge in [-0.15, -0.1) is 11.3 Å². The van der Waals surface area contributed by atoms with E-state index in [9.17, 15) is 18.0 Å². The van der Waals surface area contributed by atoms with E-state index < -0.39 is 34.0 Å². The lowest BCUT2D eigenvalue weighted by Crippen LogP contribution is -2.45. The summed E-state index contributed by atoms with van der Waals surface area (Å²) in [7, 11) is -3.88. The highest BCUT2D eigenvalue weighted by Crippen LogP contribution is 2.21. The van der Waals surface area contributed by atoms with Gasteiger partial charge in [-0.05, 0) is 32.9 Å². The van der Waals surface area contributed by atoms with Gasteiger partial charge < -0.3 is 10.4 Å². The second kappa shape index (κ2) is 5.90. The SMILES string of the molecule is CC(C)(C)NC(=O)CNS(=O)(=O)c1ccc(C(=O)O)s1. The molecule has 1 aromatic rings. The number of carboxylic acids is 1. The maximum atomic E-state index is 11.9. The smallest absolute Gasteiger partial charge is 0.345 e. The van der Waals surface area contributed by atoms with Crippen LogP contribution in [0.3, 0.4) is 0 Å². The average molecular weight is 320 g/mol. The molecular weight excluding hydrogens is 304 g/mol. The summed E-state index contributed by atoms with van der Waals surface area (Å²) in [6.07, 6.45) is 0. The van der Waals surface area contributed by atoms with Gasteiger partial charge in [-0.2, -0.15) is 0 Å². The Morgan fingerprint density at radius 1 is 1.30 bits per heavy atom. The molecule has 20 heavy (non-hydrogen) atoms. The minimum atomic E-state index is -3.88. The Morgan fingerprint density at radius 2 is 1.90 bits per heavy atom. The second-order valence-corrected chi connectivity index (χ2v) is 8.12. The Kier molecular flexibility index (Phi) is 4.90. The number of amides is 1. The number of hydrogen-bond acceptors (Lipinski definition) is 5. The van der Waals surface area contributed by atoms with Crippen LogP contribution >= 0.6 is 11.3 Å². The first-order valence-electron chi connectivity index (χ1n) is 5.65. The lowest BCUT2D eigenvalue weighted by Gasteiger charge is -2.20. The zero-order valence-corrected chi connectivity index (χ0v) is 12.9. The topological polar surface area (TPSA) is 113 Å². The Bertz CT molecular complexity index is 613. The number of carbonyl (C=O) groups is 2. The summed E-state index contributed by atoms with van der Waals surface area (Å²) >= 11 is 0.631. The highest BCUT2D eigenvalue weighted by atomic mass is 32.2. The minimum Gasteiger partial charge on any atom is -0.477 e. The molecule has 0 bridgehead atoms. The van der Waals surface area contributed by atoms with Crippen molar-refractivity contribution in [2.24, 2.45) is 0 Å². The fraction of sp³-hybridized carbons (Fsp3) is 0.455. The zero-order valence-electron chi connectivity index (χ0n) is 11.3. The van der Waals surface area contributed by atoms with Crippen LogP contribution in [0.2, 0.25) is 0 Å². The van der Waals surface area contributed by atoms with Crippen molar-refractivity contribution >= 4 is 33.2 Å². The quantitative estimate of drug-likeness (QED) is 0.737. The summed E-state index contributed by atoms with van der Waals surface area (Å²) in [6.45, 7) is 4.92. The van der Waals surface area contributed by atoms with Crippen molar-refractivity contribution in [1.29, 1.82) is 0 Å². The van der Waals surface area contributed by atoms with E-state index in [4.69, 9.17) is 5.11 Å². The molecule has 0 saturated carbocycles. The normalized spacial score (nSPS) is 12.2. The second-order valence-electron chi connectivity index (χ2n) is 5.05. The lowest BCUT2D eigenvalue weighted by atomic mass is 10.1. The Balaban J connectivity index is 2.70. The van der Waals surface area contributed by atoms with E-state index in [1.165, 1.54) is 12.1 Å². The summed E-state index contributed by atoms with van der Waals surface area (Å²) in [4.78, 5) is 22.1. The molecule has 7 nitrogen and oxygen atoms in total. The van der Waals surface area contributed by atoms with Gasteiger partial charge in [-0.1, -0.05) is 0 Å². The maximum absolute atomic E-state index is 11.9. The Hall–Kier alpha value is -1.45. The van der Waals surface area contributed by atoms with Crippen LogP contribution in [0, 0.1) is 0 Å². The highest BCUT2D eigenvalue weighted by molar-refractivity contribution is 7.91. The van der Waals surface area contributed by atoms with Gasteiger partial charge in [0.2, 0.25) is 5.91 Å². The van der Waals surface area contributed by atoms with Crippen LogP contribution in [0.5, 0.6) is 0 Å². The summed E-state index contributed by atoms with van der Waals surface area (Å²) in [5.41, 5.74) is -0.456. The molecule has 0 radical (unpaired) electrons. The van der Waals surface area contributed by atoms with Crippen molar-refractivity contribution in [2.45, 2.75) is 30.5 Å². The van der Waals surface area contributed by atoms with Gasteiger partial charge in [0.05, 0.1) is 6.54 Å². The fourth-order valence-corrected chi connectivity index (χ4v) is 3.45. The Morgan fingerprint density at radius 3 is 2.35 bits per heavy atom. The van der Waals surface area contributed by atoms with Crippen LogP contribution < -0.4 is 10.0 Å². The molecule has 9 heteroatoms. The average Bonchev–Trinajstić information content (AvgIpc) is 2.74. The zero-order chi connectivity index (χ0) is 15.6. The van der Waals surface area contributed by atoms with Gasteiger partial charge >= 0.3 is 5.97 Å². The molecule has 1 aromatic heterocycles. The van der Waals surface area contributed by atoms with E-state index >= 15 is 0 Å². The first-order chi connectivity index (χ1) is 9.01. The molecule has 0 aromatic carbocycles. The van der Waals surface area contributed by atoms with Crippen molar-refractivity contribution in [3.8, 4) is 0 Å². The van der Waals surface area contributed by atoms with Crippen LogP contribution in [0.15, 0.2) is 16.3 Å². The first-order valence-corrected chi connectivity index (χ1v) is 7.95. The largest absolute Gasteiger partial charge is 0.477 e. The minimum absolute atomic E-state index is 0.0791. The number of rotatable bonds is 5. The van der Waals surface area contributed by atoms with Gasteiger partial charge in [-0.25, -0.2) is 17.9 Å². The molecule has 112 valence electrons. The van der Waals surface area contributed by atoms with Crippen LogP contribution in [0.25, 0.3) is 0 Å². The molecule has 0 unspecified atom stereocenters. The van der Waals surface area contributed by atoms with Crippen LogP contribution in [0.1, 0.15) is 30.4 Å². The number of hydrogen-bond donors (Lipinski definition) is 3. The maximum Gasteiger partial charge on any atom is 0.345 e. The van der Waals surface area contributed by atoms with Crippen molar-refractivity contribution in [2.75, 3.05) is 6.54 Å². The van der Waals surface area contributed by atoms with E-state index in [-0.39, 0.29) is 9.09 Å². The van der Waals surface area contributed by atoms with Crippen LogP contribution in [-0.2, 0) is 14.8 Å². The summed E-state index contributed by atoms with van der Waals surface area (Å²) in [5, 5.41) is 11.4. The van der Waals surface area contributed by atoms with Crippen molar-refractivity contribution < 1.29 is 23.1 Å². The molecule has 0 spiro atoms. The molecule has 0 fully saturated rings. The molecule has 1 rings (SSSR count). The third-order valence-corrected chi connectivity index (χ3v) is 4.96. The third-order valence-electron chi connectivity index (χ3n) is 1.99. The molecule has 1 heterocycles. The fourth-order valence-electron chi connectivity index (χ4n) is 1.27. The van der Waals surface area contributed by atoms with Gasteiger partial charge in [0.1, 0.15) is 9.09 Å². The monoisotopic (exact) mass is 320 g/mol. The number of sulfonamides is 1. The van der Waals surface area contributed by atoms with Crippen LogP contribution in [-0.4, -0.2) is 37.5 Å². The van der Waals surface area contributed by atoms with Crippen molar-refractivity contribution in [1.82, 2.24) is 10.0 Å². The van der Waals surface area contributed by atoms with E-state index in [2.05, 4.69) is 10.0 Å². The van der Waals surface area contributed by atoms with Gasteiger partial charge in [-0.3, -0.25) is 4.79 Å². The number of nitrogens with one attached hydrogen (secondary N) is 2. The molecule has 0 aliphatic carbocycles. The van der Waals surface area contributed by atoms with Gasteiger partial charge in [0.15, 0.2) is 0 Å². The van der Waals surface area contributed by atoms with Gasteiger partial charge in [0.25, 0.3) is 10.0 Å². The molecular formula is C11H16N2O5S2. The third kappa shape index (κ3) is 4.91. The molecule has 3 N–H and O–H groups in total. The molecule has 0 atom stereocenters. The predicted octanol–water partition coefficient (Wildman–Crippen LogP) is 0.639. The highest BCUT2D eigenvalue weighted by Gasteiger charge is 2.21. The summed E-state index contributed by atoms with van der Waals surface area (Å²) < 4.78 is 25.7. The number of thiophene rings is 1. The summed E-state index contributed by atoms with van der Waals surface area (Å²) in [5.74, 6) is -1.65. The summed E-state index contributed by atoms with van der Waals surface area (Å²) in [6, 6.07) is 2.40. The number of carbonyl (C=O) groups excluding carboxylic acids is 1. The number of aromatic carboxylic acids is 1. The van der Waals surface area contributed by atoms with E-state index in [1.807, 2.05) is 0 Å². The molecule has 0 aliphatic heterocycles. The van der Waals surface area contributed by atoms with Crippen LogP contribution in [0.4, 0.5) is 0 Å². The number of carboxylic acid groups (broad SMARTS) is 1. The van der Waals surface area contributed by atoms with E-state index in [0.717, 1.165) is 0 Å². The standard InChI is InChI=1S/C11H16N2O5S2/c1-11(2,3)13-8(14)6-12-20(17,18)9-5-4-7(19-9)10(15)16/h4-5,12H,6H2,1-3H3,(H,13,14)(H,15,16). The molecule has 0 saturated heterocycles. The molecule has 1 amide bonds. The van der Waals surface area contributed by atoms with Crippen molar-refractivity contribution in [3.63, 3.8) is 0 Å². The van der Waals surface area contributed by atoms with E-state index in [1.54, 1.807) is 20.8 Å². The van der Waals surface area contributed by atoms with E-state index in [0.29, 0.717) is 11.3 Å². The molecule has 0 aliphatic rings.